The zero-order valence-corrected chi connectivity index (χ0v) is 14.8. The summed E-state index contributed by atoms with van der Waals surface area (Å²) >= 11 is 8.74. The summed E-state index contributed by atoms with van der Waals surface area (Å²) in [5.74, 6) is 0.551. The number of hydrogen-bond donors (Lipinski definition) is 0. The van der Waals surface area contributed by atoms with Crippen molar-refractivity contribution in [3.05, 3.63) is 56.4 Å². The Morgan fingerprint density at radius 1 is 1.29 bits per heavy atom. The first-order valence-corrected chi connectivity index (χ1v) is 8.45. The van der Waals surface area contributed by atoms with Crippen molar-refractivity contribution in [2.75, 3.05) is 4.90 Å². The minimum absolute atomic E-state index is 0.106. The van der Waals surface area contributed by atoms with Gasteiger partial charge in [0.25, 0.3) is 5.91 Å². The summed E-state index contributed by atoms with van der Waals surface area (Å²) in [6.45, 7) is 1.96. The van der Waals surface area contributed by atoms with E-state index < -0.39 is 0 Å². The Morgan fingerprint density at radius 3 is 2.71 bits per heavy atom. The standard InChI is InChI=1S/C15H10INO2S2/c1-9-4-2-3-5-11(9)17-14(18)12(21-15(17)20)8-10-6-7-13(16)19-10/h2-8H,1H3/b12-8-. The van der Waals surface area contributed by atoms with Gasteiger partial charge in [-0.2, -0.15) is 0 Å². The van der Waals surface area contributed by atoms with Crippen molar-refractivity contribution in [2.24, 2.45) is 0 Å². The number of benzene rings is 1. The van der Waals surface area contributed by atoms with Crippen LogP contribution in [-0.2, 0) is 4.79 Å². The Morgan fingerprint density at radius 2 is 2.05 bits per heavy atom. The summed E-state index contributed by atoms with van der Waals surface area (Å²) in [5, 5.41) is 0. The number of aryl methyl sites for hydroxylation is 1. The van der Waals surface area contributed by atoms with E-state index in [9.17, 15) is 4.79 Å². The lowest BCUT2D eigenvalue weighted by Gasteiger charge is -2.16. The molecule has 1 amide bonds. The Bertz CT molecular complexity index is 767. The van der Waals surface area contributed by atoms with Crippen LogP contribution in [0.5, 0.6) is 0 Å². The molecule has 6 heteroatoms. The first-order valence-electron chi connectivity index (χ1n) is 6.15. The van der Waals surface area contributed by atoms with Gasteiger partial charge in [-0.3, -0.25) is 9.69 Å². The lowest BCUT2D eigenvalue weighted by molar-refractivity contribution is -0.113. The van der Waals surface area contributed by atoms with E-state index >= 15 is 0 Å². The highest BCUT2D eigenvalue weighted by molar-refractivity contribution is 14.1. The SMILES string of the molecule is Cc1ccccc1N1C(=O)/C(=C/c2ccc(I)o2)SC1=S. The second kappa shape index (κ2) is 5.94. The lowest BCUT2D eigenvalue weighted by atomic mass is 10.2. The smallest absolute Gasteiger partial charge is 0.270 e. The fourth-order valence-corrected chi connectivity index (χ4v) is 3.72. The average Bonchev–Trinajstić information content (AvgIpc) is 2.96. The number of hydrogen-bond acceptors (Lipinski definition) is 4. The van der Waals surface area contributed by atoms with Crippen molar-refractivity contribution in [3.63, 3.8) is 0 Å². The molecule has 1 aliphatic heterocycles. The van der Waals surface area contributed by atoms with E-state index in [0.29, 0.717) is 15.0 Å². The predicted molar refractivity (Wildman–Crippen MR) is 98.3 cm³/mol. The number of carbonyl (C=O) groups is 1. The van der Waals surface area contributed by atoms with Crippen LogP contribution in [0.4, 0.5) is 5.69 Å². The van der Waals surface area contributed by atoms with Crippen LogP contribution in [0.2, 0.25) is 0 Å². The molecule has 0 saturated carbocycles. The van der Waals surface area contributed by atoms with Crippen LogP contribution in [0, 0.1) is 10.7 Å². The van der Waals surface area contributed by atoms with Gasteiger partial charge in [0.15, 0.2) is 8.09 Å². The number of furan rings is 1. The fourth-order valence-electron chi connectivity index (χ4n) is 2.02. The molecule has 0 atom stereocenters. The van der Waals surface area contributed by atoms with Crippen LogP contribution in [-0.4, -0.2) is 10.2 Å². The van der Waals surface area contributed by atoms with Crippen molar-refractivity contribution < 1.29 is 9.21 Å². The van der Waals surface area contributed by atoms with Crippen LogP contribution in [0.1, 0.15) is 11.3 Å². The summed E-state index contributed by atoms with van der Waals surface area (Å²) in [6, 6.07) is 11.4. The number of halogens is 1. The van der Waals surface area contributed by atoms with Gasteiger partial charge in [0.05, 0.1) is 10.6 Å². The van der Waals surface area contributed by atoms with Crippen LogP contribution in [0.15, 0.2) is 45.7 Å². The van der Waals surface area contributed by atoms with Crippen molar-refractivity contribution in [3.8, 4) is 0 Å². The molecular formula is C15H10INO2S2. The second-order valence-electron chi connectivity index (χ2n) is 4.45. The maximum atomic E-state index is 12.6. The summed E-state index contributed by atoms with van der Waals surface area (Å²) < 4.78 is 6.81. The molecule has 2 heterocycles. The molecule has 106 valence electrons. The molecule has 0 unspecified atom stereocenters. The van der Waals surface area contributed by atoms with Gasteiger partial charge in [-0.15, -0.1) is 0 Å². The van der Waals surface area contributed by atoms with Crippen LogP contribution >= 0.6 is 46.6 Å². The number of amides is 1. The number of rotatable bonds is 2. The number of nitrogens with zero attached hydrogens (tertiary/aromatic N) is 1. The van der Waals surface area contributed by atoms with Gasteiger partial charge in [-0.1, -0.05) is 42.2 Å². The van der Waals surface area contributed by atoms with Crippen LogP contribution in [0.3, 0.4) is 0 Å². The van der Waals surface area contributed by atoms with Crippen molar-refractivity contribution in [1.29, 1.82) is 0 Å². The molecule has 0 radical (unpaired) electrons. The first-order chi connectivity index (χ1) is 10.1. The Balaban J connectivity index is 1.96. The highest BCUT2D eigenvalue weighted by Gasteiger charge is 2.34. The second-order valence-corrected chi connectivity index (χ2v) is 7.18. The first kappa shape index (κ1) is 14.8. The third kappa shape index (κ3) is 2.93. The summed E-state index contributed by atoms with van der Waals surface area (Å²) in [7, 11) is 0. The topological polar surface area (TPSA) is 33.5 Å². The maximum Gasteiger partial charge on any atom is 0.270 e. The zero-order valence-electron chi connectivity index (χ0n) is 11.0. The highest BCUT2D eigenvalue weighted by Crippen LogP contribution is 2.37. The molecule has 0 bridgehead atoms. The van der Waals surface area contributed by atoms with Crippen molar-refractivity contribution in [2.45, 2.75) is 6.92 Å². The van der Waals surface area contributed by atoms with Gasteiger partial charge in [0, 0.05) is 6.08 Å². The summed E-state index contributed by atoms with van der Waals surface area (Å²) in [6.07, 6.45) is 1.74. The fraction of sp³-hybridized carbons (Fsp3) is 0.0667. The molecule has 21 heavy (non-hydrogen) atoms. The average molecular weight is 427 g/mol. The van der Waals surface area contributed by atoms with E-state index in [1.165, 1.54) is 11.8 Å². The van der Waals surface area contributed by atoms with Gasteiger partial charge >= 0.3 is 0 Å². The minimum Gasteiger partial charge on any atom is -0.451 e. The third-order valence-electron chi connectivity index (χ3n) is 3.02. The molecule has 2 aromatic rings. The Hall–Kier alpha value is -1.12. The highest BCUT2D eigenvalue weighted by atomic mass is 127. The van der Waals surface area contributed by atoms with Gasteiger partial charge in [-0.25, -0.2) is 0 Å². The van der Waals surface area contributed by atoms with Gasteiger partial charge in [0.1, 0.15) is 5.76 Å². The number of anilines is 1. The third-order valence-corrected chi connectivity index (χ3v) is 4.90. The zero-order chi connectivity index (χ0) is 15.0. The largest absolute Gasteiger partial charge is 0.451 e. The molecular weight excluding hydrogens is 417 g/mol. The van der Waals surface area contributed by atoms with Crippen LogP contribution in [0.25, 0.3) is 6.08 Å². The molecule has 1 aromatic heterocycles. The summed E-state index contributed by atoms with van der Waals surface area (Å²) in [5.41, 5.74) is 1.85. The van der Waals surface area contributed by atoms with E-state index in [1.54, 1.807) is 11.0 Å². The van der Waals surface area contributed by atoms with Gasteiger partial charge < -0.3 is 4.42 Å². The quantitative estimate of drug-likeness (QED) is 0.399. The molecule has 1 aromatic carbocycles. The molecule has 1 aliphatic rings. The predicted octanol–water partition coefficient (Wildman–Crippen LogP) is 4.60. The number of carbonyl (C=O) groups excluding carboxylic acids is 1. The minimum atomic E-state index is -0.106. The van der Waals surface area contributed by atoms with Crippen molar-refractivity contribution >= 4 is 68.6 Å². The molecule has 0 aliphatic carbocycles. The van der Waals surface area contributed by atoms with E-state index in [-0.39, 0.29) is 5.91 Å². The van der Waals surface area contributed by atoms with Gasteiger partial charge in [0.2, 0.25) is 0 Å². The molecule has 1 fully saturated rings. The van der Waals surface area contributed by atoms with Crippen molar-refractivity contribution in [1.82, 2.24) is 0 Å². The normalized spacial score (nSPS) is 17.0. The molecule has 1 saturated heterocycles. The molecule has 3 rings (SSSR count). The Kier molecular flexibility index (Phi) is 4.19. The molecule has 0 N–H and O–H groups in total. The van der Waals surface area contributed by atoms with E-state index in [4.69, 9.17) is 16.6 Å². The van der Waals surface area contributed by atoms with E-state index in [1.807, 2.05) is 43.3 Å². The number of thiocarbonyl (C=S) groups is 1. The number of thioether (sulfide) groups is 1. The monoisotopic (exact) mass is 427 g/mol. The van der Waals surface area contributed by atoms with Gasteiger partial charge in [-0.05, 0) is 53.3 Å². The van der Waals surface area contributed by atoms with E-state index in [0.717, 1.165) is 15.0 Å². The number of para-hydroxylation sites is 1. The van der Waals surface area contributed by atoms with Crippen LogP contribution < -0.4 is 4.90 Å². The maximum absolute atomic E-state index is 12.6. The molecule has 0 spiro atoms. The molecule has 3 nitrogen and oxygen atoms in total. The summed E-state index contributed by atoms with van der Waals surface area (Å²) in [4.78, 5) is 14.7. The lowest BCUT2D eigenvalue weighted by Crippen LogP contribution is -2.28. The Labute approximate surface area is 145 Å². The van der Waals surface area contributed by atoms with E-state index in [2.05, 4.69) is 22.6 Å².